The largest absolute Gasteiger partial charge is 0.390 e. The normalized spacial score (nSPS) is 49.2. The lowest BCUT2D eigenvalue weighted by molar-refractivity contribution is -0.179. The minimum absolute atomic E-state index is 0.0790. The van der Waals surface area contributed by atoms with Gasteiger partial charge in [-0.15, -0.1) is 0 Å². The lowest BCUT2D eigenvalue weighted by Crippen LogP contribution is -2.55. The van der Waals surface area contributed by atoms with Gasteiger partial charge in [0, 0.05) is 6.42 Å². The van der Waals surface area contributed by atoms with Gasteiger partial charge in [-0.25, -0.2) is 8.78 Å². The summed E-state index contributed by atoms with van der Waals surface area (Å²) >= 11 is 0. The van der Waals surface area contributed by atoms with E-state index in [1.165, 1.54) is 39.5 Å². The van der Waals surface area contributed by atoms with Crippen LogP contribution in [0.3, 0.4) is 0 Å². The van der Waals surface area contributed by atoms with Crippen molar-refractivity contribution in [1.29, 1.82) is 0 Å². The average Bonchev–Trinajstić information content (AvgIpc) is 2.98. The highest BCUT2D eigenvalue weighted by Crippen LogP contribution is 2.69. The molecule has 0 heterocycles. The van der Waals surface area contributed by atoms with Crippen LogP contribution in [0.1, 0.15) is 106 Å². The van der Waals surface area contributed by atoms with Crippen LogP contribution < -0.4 is 0 Å². The Balaban J connectivity index is 1.52. The maximum absolute atomic E-state index is 14.7. The first kappa shape index (κ1) is 23.9. The lowest BCUT2D eigenvalue weighted by Gasteiger charge is -2.62. The molecule has 4 fully saturated rings. The Morgan fingerprint density at radius 1 is 0.903 bits per heavy atom. The van der Waals surface area contributed by atoms with Gasteiger partial charge >= 0.3 is 0 Å². The molecule has 2 nitrogen and oxygen atoms in total. The van der Waals surface area contributed by atoms with Crippen LogP contribution in [-0.4, -0.2) is 27.3 Å². The van der Waals surface area contributed by atoms with E-state index in [2.05, 4.69) is 13.8 Å². The standard InChI is InChI=1S/C27H46F2O2/c1-17(15-27(28,29)23(2,3)30)20-9-10-21-19-8-7-18-16-24(4,31)13-14-25(18,5)22(19)11-12-26(20,21)6/h17-22,30-31H,7-16H2,1-6H3/t17-,18+,19+,20-,21+,22+,24+,25+,26-/m1/s1. The first-order valence-electron chi connectivity index (χ1n) is 12.9. The van der Waals surface area contributed by atoms with Gasteiger partial charge in [-0.2, -0.15) is 0 Å². The van der Waals surface area contributed by atoms with Crippen LogP contribution in [0.2, 0.25) is 0 Å². The summed E-state index contributed by atoms with van der Waals surface area (Å²) in [5.41, 5.74) is -1.98. The Morgan fingerprint density at radius 2 is 1.55 bits per heavy atom. The van der Waals surface area contributed by atoms with Gasteiger partial charge in [0.2, 0.25) is 0 Å². The van der Waals surface area contributed by atoms with Crippen molar-refractivity contribution in [2.45, 2.75) is 123 Å². The molecular weight excluding hydrogens is 394 g/mol. The summed E-state index contributed by atoms with van der Waals surface area (Å²) in [6.07, 6.45) is 9.86. The van der Waals surface area contributed by atoms with Crippen molar-refractivity contribution in [3.63, 3.8) is 0 Å². The summed E-state index contributed by atoms with van der Waals surface area (Å²) in [4.78, 5) is 0. The Bertz CT molecular complexity index is 683. The minimum Gasteiger partial charge on any atom is -0.390 e. The van der Waals surface area contributed by atoms with Gasteiger partial charge in [0.1, 0.15) is 5.60 Å². The number of fused-ring (bicyclic) bond motifs is 5. The molecule has 180 valence electrons. The number of halogens is 2. The highest BCUT2D eigenvalue weighted by Gasteiger charge is 2.62. The second kappa shape index (κ2) is 7.39. The van der Waals surface area contributed by atoms with Crippen LogP contribution in [0.5, 0.6) is 0 Å². The molecule has 4 heteroatoms. The van der Waals surface area contributed by atoms with Crippen molar-refractivity contribution in [3.8, 4) is 0 Å². The number of aliphatic hydroxyl groups is 2. The summed E-state index contributed by atoms with van der Waals surface area (Å²) in [6, 6.07) is 0. The van der Waals surface area contributed by atoms with E-state index >= 15 is 0 Å². The molecule has 4 aliphatic rings. The van der Waals surface area contributed by atoms with E-state index in [9.17, 15) is 19.0 Å². The van der Waals surface area contributed by atoms with E-state index < -0.39 is 17.1 Å². The van der Waals surface area contributed by atoms with Gasteiger partial charge in [-0.05, 0) is 125 Å². The second-order valence-electron chi connectivity index (χ2n) is 13.5. The van der Waals surface area contributed by atoms with Gasteiger partial charge in [0.15, 0.2) is 0 Å². The quantitative estimate of drug-likeness (QED) is 0.503. The SMILES string of the molecule is C[C@H](CC(F)(F)C(C)(C)O)[C@H]1CC[C@H]2[C@@H]3CC[C@H]4C[C@@](C)(O)CC[C@]4(C)[C@H]3CC[C@]12C. The molecule has 9 atom stereocenters. The predicted octanol–water partition coefficient (Wildman–Crippen LogP) is 6.83. The molecule has 0 aromatic carbocycles. The van der Waals surface area contributed by atoms with E-state index in [-0.39, 0.29) is 17.8 Å². The maximum Gasteiger partial charge on any atom is 0.275 e. The van der Waals surface area contributed by atoms with Crippen LogP contribution in [0.4, 0.5) is 8.78 Å². The Labute approximate surface area is 188 Å². The predicted molar refractivity (Wildman–Crippen MR) is 121 cm³/mol. The maximum atomic E-state index is 14.7. The van der Waals surface area contributed by atoms with Crippen LogP contribution in [-0.2, 0) is 0 Å². The Morgan fingerprint density at radius 3 is 2.19 bits per heavy atom. The molecule has 0 aromatic heterocycles. The van der Waals surface area contributed by atoms with E-state index in [1.807, 2.05) is 13.8 Å². The zero-order valence-electron chi connectivity index (χ0n) is 20.7. The molecule has 0 bridgehead atoms. The fourth-order valence-electron chi connectivity index (χ4n) is 9.20. The van der Waals surface area contributed by atoms with Crippen LogP contribution in [0.15, 0.2) is 0 Å². The topological polar surface area (TPSA) is 40.5 Å². The van der Waals surface area contributed by atoms with Gasteiger partial charge in [-0.3, -0.25) is 0 Å². The summed E-state index contributed by atoms with van der Waals surface area (Å²) in [6.45, 7) is 11.4. The van der Waals surface area contributed by atoms with Gasteiger partial charge in [0.05, 0.1) is 5.60 Å². The van der Waals surface area contributed by atoms with Crippen molar-refractivity contribution < 1.29 is 19.0 Å². The molecule has 4 aliphatic carbocycles. The van der Waals surface area contributed by atoms with E-state index in [0.717, 1.165) is 43.9 Å². The molecule has 0 aromatic rings. The van der Waals surface area contributed by atoms with Crippen molar-refractivity contribution in [3.05, 3.63) is 0 Å². The fraction of sp³-hybridized carbons (Fsp3) is 1.00. The third-order valence-electron chi connectivity index (χ3n) is 11.2. The number of hydrogen-bond donors (Lipinski definition) is 2. The van der Waals surface area contributed by atoms with Crippen molar-refractivity contribution in [2.24, 2.45) is 46.3 Å². The van der Waals surface area contributed by atoms with Crippen molar-refractivity contribution in [1.82, 2.24) is 0 Å². The van der Waals surface area contributed by atoms with Crippen LogP contribution >= 0.6 is 0 Å². The molecule has 0 radical (unpaired) electrons. The molecule has 0 amide bonds. The first-order chi connectivity index (χ1) is 14.1. The second-order valence-corrected chi connectivity index (χ2v) is 13.5. The molecule has 4 saturated carbocycles. The third kappa shape index (κ3) is 3.80. The summed E-state index contributed by atoms with van der Waals surface area (Å²) < 4.78 is 29.4. The van der Waals surface area contributed by atoms with Crippen LogP contribution in [0.25, 0.3) is 0 Å². The Kier molecular flexibility index (Phi) is 5.70. The van der Waals surface area contributed by atoms with Crippen molar-refractivity contribution >= 4 is 0 Å². The number of alkyl halides is 2. The van der Waals surface area contributed by atoms with E-state index in [0.29, 0.717) is 23.2 Å². The average molecular weight is 441 g/mol. The lowest BCUT2D eigenvalue weighted by atomic mass is 9.43. The molecule has 4 rings (SSSR count). The number of hydrogen-bond acceptors (Lipinski definition) is 2. The van der Waals surface area contributed by atoms with E-state index in [4.69, 9.17) is 0 Å². The highest BCUT2D eigenvalue weighted by molar-refractivity contribution is 5.11. The smallest absolute Gasteiger partial charge is 0.275 e. The van der Waals surface area contributed by atoms with Crippen molar-refractivity contribution in [2.75, 3.05) is 0 Å². The molecule has 0 saturated heterocycles. The summed E-state index contributed by atoms with van der Waals surface area (Å²) in [5, 5.41) is 20.7. The molecule has 2 N–H and O–H groups in total. The molecule has 0 spiro atoms. The zero-order chi connectivity index (χ0) is 23.0. The molecule has 0 aliphatic heterocycles. The molecule has 0 unspecified atom stereocenters. The first-order valence-corrected chi connectivity index (χ1v) is 12.9. The number of rotatable bonds is 4. The minimum atomic E-state index is -3.05. The zero-order valence-corrected chi connectivity index (χ0v) is 20.7. The Hall–Kier alpha value is -0.220. The monoisotopic (exact) mass is 440 g/mol. The molecular formula is C27H46F2O2. The highest BCUT2D eigenvalue weighted by atomic mass is 19.3. The third-order valence-corrected chi connectivity index (χ3v) is 11.2. The summed E-state index contributed by atoms with van der Waals surface area (Å²) in [5.74, 6) is -0.0859. The van der Waals surface area contributed by atoms with Gasteiger partial charge < -0.3 is 10.2 Å². The molecule has 31 heavy (non-hydrogen) atoms. The summed E-state index contributed by atoms with van der Waals surface area (Å²) in [7, 11) is 0. The van der Waals surface area contributed by atoms with Gasteiger partial charge in [0.25, 0.3) is 5.92 Å². The van der Waals surface area contributed by atoms with E-state index in [1.54, 1.807) is 0 Å². The van der Waals surface area contributed by atoms with Crippen LogP contribution in [0, 0.1) is 46.3 Å². The fourth-order valence-corrected chi connectivity index (χ4v) is 9.20. The van der Waals surface area contributed by atoms with Gasteiger partial charge in [-0.1, -0.05) is 20.8 Å².